The van der Waals surface area contributed by atoms with Crippen molar-refractivity contribution in [1.29, 1.82) is 0 Å². The van der Waals surface area contributed by atoms with E-state index in [1.54, 1.807) is 49.6 Å². The molecule has 0 aliphatic rings. The molecule has 2 amide bonds. The van der Waals surface area contributed by atoms with E-state index in [2.05, 4.69) is 10.6 Å². The van der Waals surface area contributed by atoms with Gasteiger partial charge in [-0.25, -0.2) is 0 Å². The number of anilines is 1. The SMILES string of the molecule is COc1ccc(NC(=O)CCNC(=O)c2ccc(Cl)cc2)c(OC)c1. The van der Waals surface area contributed by atoms with E-state index in [4.69, 9.17) is 21.1 Å². The van der Waals surface area contributed by atoms with Crippen LogP contribution in [0.3, 0.4) is 0 Å². The lowest BCUT2D eigenvalue weighted by atomic mass is 10.2. The Hall–Kier alpha value is -2.73. The molecule has 0 unspecified atom stereocenters. The molecule has 25 heavy (non-hydrogen) atoms. The van der Waals surface area contributed by atoms with Crippen molar-refractivity contribution in [2.45, 2.75) is 6.42 Å². The first-order chi connectivity index (χ1) is 12.0. The summed E-state index contributed by atoms with van der Waals surface area (Å²) in [6, 6.07) is 11.6. The molecule has 2 N–H and O–H groups in total. The Balaban J connectivity index is 1.84. The predicted octanol–water partition coefficient (Wildman–Crippen LogP) is 3.12. The van der Waals surface area contributed by atoms with Crippen molar-refractivity contribution in [3.8, 4) is 11.5 Å². The van der Waals surface area contributed by atoms with Crippen LogP contribution >= 0.6 is 11.6 Å². The van der Waals surface area contributed by atoms with Gasteiger partial charge < -0.3 is 20.1 Å². The molecule has 2 rings (SSSR count). The first kappa shape index (κ1) is 18.6. The normalized spacial score (nSPS) is 10.0. The molecule has 0 spiro atoms. The molecule has 7 heteroatoms. The van der Waals surface area contributed by atoms with Crippen LogP contribution in [0.4, 0.5) is 5.69 Å². The van der Waals surface area contributed by atoms with Crippen molar-refractivity contribution in [1.82, 2.24) is 5.32 Å². The zero-order valence-electron chi connectivity index (χ0n) is 14.0. The van der Waals surface area contributed by atoms with E-state index in [0.717, 1.165) is 0 Å². The van der Waals surface area contributed by atoms with Crippen molar-refractivity contribution < 1.29 is 19.1 Å². The average molecular weight is 363 g/mol. The zero-order valence-corrected chi connectivity index (χ0v) is 14.7. The van der Waals surface area contributed by atoms with Gasteiger partial charge in [-0.15, -0.1) is 0 Å². The molecule has 132 valence electrons. The molecule has 0 saturated carbocycles. The van der Waals surface area contributed by atoms with E-state index < -0.39 is 0 Å². The number of hydrogen-bond donors (Lipinski definition) is 2. The predicted molar refractivity (Wildman–Crippen MR) is 96.6 cm³/mol. The number of methoxy groups -OCH3 is 2. The number of hydrogen-bond acceptors (Lipinski definition) is 4. The second kappa shape index (κ2) is 8.94. The number of rotatable bonds is 7. The van der Waals surface area contributed by atoms with Gasteiger partial charge in [0.05, 0.1) is 19.9 Å². The molecule has 0 radical (unpaired) electrons. The Morgan fingerprint density at radius 3 is 2.40 bits per heavy atom. The lowest BCUT2D eigenvalue weighted by molar-refractivity contribution is -0.116. The third-order valence-corrected chi connectivity index (χ3v) is 3.68. The summed E-state index contributed by atoms with van der Waals surface area (Å²) in [5.41, 5.74) is 1.03. The molecule has 0 aliphatic carbocycles. The minimum Gasteiger partial charge on any atom is -0.497 e. The van der Waals surface area contributed by atoms with Crippen molar-refractivity contribution in [2.75, 3.05) is 26.1 Å². The standard InChI is InChI=1S/C18H19ClN2O4/c1-24-14-7-8-15(16(11-14)25-2)21-17(22)9-10-20-18(23)12-3-5-13(19)6-4-12/h3-8,11H,9-10H2,1-2H3,(H,20,23)(H,21,22). The summed E-state index contributed by atoms with van der Waals surface area (Å²) in [7, 11) is 3.06. The van der Waals surface area contributed by atoms with E-state index in [9.17, 15) is 9.59 Å². The van der Waals surface area contributed by atoms with Crippen LogP contribution in [0.5, 0.6) is 11.5 Å². The van der Waals surface area contributed by atoms with E-state index in [1.165, 1.54) is 7.11 Å². The van der Waals surface area contributed by atoms with Crippen molar-refractivity contribution in [2.24, 2.45) is 0 Å². The third kappa shape index (κ3) is 5.39. The smallest absolute Gasteiger partial charge is 0.251 e. The number of halogens is 1. The Labute approximate surface area is 151 Å². The molecular formula is C18H19ClN2O4. The van der Waals surface area contributed by atoms with Gasteiger partial charge in [-0.3, -0.25) is 9.59 Å². The Bertz CT molecular complexity index is 747. The summed E-state index contributed by atoms with van der Waals surface area (Å²) in [5.74, 6) is 0.634. The quantitative estimate of drug-likeness (QED) is 0.793. The number of carbonyl (C=O) groups is 2. The highest BCUT2D eigenvalue weighted by Gasteiger charge is 2.10. The van der Waals surface area contributed by atoms with Gasteiger partial charge in [-0.1, -0.05) is 11.6 Å². The van der Waals surface area contributed by atoms with Gasteiger partial charge >= 0.3 is 0 Å². The average Bonchev–Trinajstić information content (AvgIpc) is 2.62. The maximum atomic E-state index is 12.0. The monoisotopic (exact) mass is 362 g/mol. The van der Waals surface area contributed by atoms with Gasteiger partial charge in [-0.2, -0.15) is 0 Å². The molecule has 2 aromatic rings. The molecule has 0 atom stereocenters. The molecule has 0 saturated heterocycles. The highest BCUT2D eigenvalue weighted by atomic mass is 35.5. The van der Waals surface area contributed by atoms with Crippen LogP contribution in [0.2, 0.25) is 5.02 Å². The van der Waals surface area contributed by atoms with Crippen molar-refractivity contribution in [3.05, 3.63) is 53.1 Å². The van der Waals surface area contributed by atoms with E-state index in [0.29, 0.717) is 27.8 Å². The summed E-state index contributed by atoms with van der Waals surface area (Å²) >= 11 is 5.78. The largest absolute Gasteiger partial charge is 0.497 e. The molecular weight excluding hydrogens is 344 g/mol. The topological polar surface area (TPSA) is 76.7 Å². The van der Waals surface area contributed by atoms with Crippen LogP contribution in [-0.4, -0.2) is 32.6 Å². The second-order valence-corrected chi connectivity index (χ2v) is 5.56. The van der Waals surface area contributed by atoms with E-state index in [-0.39, 0.29) is 24.8 Å². The highest BCUT2D eigenvalue weighted by molar-refractivity contribution is 6.30. The van der Waals surface area contributed by atoms with Gasteiger partial charge in [0.15, 0.2) is 0 Å². The Morgan fingerprint density at radius 2 is 1.76 bits per heavy atom. The fourth-order valence-corrected chi connectivity index (χ4v) is 2.23. The van der Waals surface area contributed by atoms with Crippen LogP contribution < -0.4 is 20.1 Å². The molecule has 0 heterocycles. The number of benzene rings is 2. The van der Waals surface area contributed by atoms with Gasteiger partial charge in [0, 0.05) is 29.6 Å². The van der Waals surface area contributed by atoms with Gasteiger partial charge in [0.25, 0.3) is 5.91 Å². The fraction of sp³-hybridized carbons (Fsp3) is 0.222. The summed E-state index contributed by atoms with van der Waals surface area (Å²) in [5, 5.41) is 5.99. The number of nitrogens with one attached hydrogen (secondary N) is 2. The summed E-state index contributed by atoms with van der Waals surface area (Å²) in [6.07, 6.45) is 0.133. The maximum absolute atomic E-state index is 12.0. The molecule has 2 aromatic carbocycles. The molecule has 0 fully saturated rings. The van der Waals surface area contributed by atoms with Crippen LogP contribution in [0.15, 0.2) is 42.5 Å². The second-order valence-electron chi connectivity index (χ2n) is 5.13. The highest BCUT2D eigenvalue weighted by Crippen LogP contribution is 2.29. The lowest BCUT2D eigenvalue weighted by Crippen LogP contribution is -2.27. The van der Waals surface area contributed by atoms with Crippen LogP contribution in [0.25, 0.3) is 0 Å². The fourth-order valence-electron chi connectivity index (χ4n) is 2.11. The van der Waals surface area contributed by atoms with Gasteiger partial charge in [-0.05, 0) is 36.4 Å². The number of amides is 2. The lowest BCUT2D eigenvalue weighted by Gasteiger charge is -2.12. The molecule has 0 bridgehead atoms. The van der Waals surface area contributed by atoms with Gasteiger partial charge in [0.1, 0.15) is 11.5 Å². The van der Waals surface area contributed by atoms with Crippen molar-refractivity contribution >= 4 is 29.1 Å². The van der Waals surface area contributed by atoms with E-state index in [1.807, 2.05) is 0 Å². The summed E-state index contributed by atoms with van der Waals surface area (Å²) in [6.45, 7) is 0.214. The first-order valence-corrected chi connectivity index (χ1v) is 7.97. The summed E-state index contributed by atoms with van der Waals surface area (Å²) in [4.78, 5) is 24.0. The minimum atomic E-state index is -0.258. The third-order valence-electron chi connectivity index (χ3n) is 3.43. The van der Waals surface area contributed by atoms with Crippen LogP contribution in [0.1, 0.15) is 16.8 Å². The number of ether oxygens (including phenoxy) is 2. The van der Waals surface area contributed by atoms with Crippen molar-refractivity contribution in [3.63, 3.8) is 0 Å². The van der Waals surface area contributed by atoms with E-state index >= 15 is 0 Å². The number of carbonyl (C=O) groups excluding carboxylic acids is 2. The Morgan fingerprint density at radius 1 is 1.04 bits per heavy atom. The minimum absolute atomic E-state index is 0.133. The zero-order chi connectivity index (χ0) is 18.2. The molecule has 6 nitrogen and oxygen atoms in total. The van der Waals surface area contributed by atoms with Crippen LogP contribution in [-0.2, 0) is 4.79 Å². The Kier molecular flexibility index (Phi) is 6.65. The first-order valence-electron chi connectivity index (χ1n) is 7.59. The summed E-state index contributed by atoms with van der Waals surface area (Å²) < 4.78 is 10.3. The van der Waals surface area contributed by atoms with Crippen LogP contribution in [0, 0.1) is 0 Å². The molecule has 0 aromatic heterocycles. The molecule has 0 aliphatic heterocycles. The van der Waals surface area contributed by atoms with Gasteiger partial charge in [0.2, 0.25) is 5.91 Å². The maximum Gasteiger partial charge on any atom is 0.251 e.